The zero-order chi connectivity index (χ0) is 64.9. The minimum atomic E-state index is -4.95. The molecule has 2 unspecified atom stereocenters. The van der Waals surface area contributed by atoms with Crippen molar-refractivity contribution < 1.29 is 80.2 Å². The van der Waals surface area contributed by atoms with E-state index in [4.69, 9.17) is 37.0 Å². The lowest BCUT2D eigenvalue weighted by Crippen LogP contribution is -2.30. The SMILES string of the molecule is CCCCCCCCCCCCCCCCCCCCCC(=O)O[C@H](COC(=O)CCCCCCCCCCCC(C)C)COP(=O)(O)OC[C@@H](O)COP(=O)(O)OC[C@@H](COC(=O)CCCCCCC)OC(=O)CCCCCCCCCCCCCC. The van der Waals surface area contributed by atoms with Crippen molar-refractivity contribution >= 4 is 39.5 Å². The normalized spacial score (nSPS) is 14.1. The molecule has 0 radical (unpaired) electrons. The monoisotopic (exact) mass is 1300 g/mol. The summed E-state index contributed by atoms with van der Waals surface area (Å²) in [6, 6.07) is 0. The molecule has 88 heavy (non-hydrogen) atoms. The summed E-state index contributed by atoms with van der Waals surface area (Å²) in [6.07, 6.45) is 49.0. The van der Waals surface area contributed by atoms with Crippen molar-refractivity contribution in [2.45, 2.75) is 374 Å². The van der Waals surface area contributed by atoms with E-state index in [2.05, 4.69) is 34.6 Å². The molecule has 3 N–H and O–H groups in total. The lowest BCUT2D eigenvalue weighted by molar-refractivity contribution is -0.161. The number of phosphoric acid groups is 2. The molecule has 522 valence electrons. The van der Waals surface area contributed by atoms with Gasteiger partial charge in [0.2, 0.25) is 0 Å². The maximum atomic E-state index is 13.0. The molecule has 0 aromatic heterocycles. The molecule has 0 amide bonds. The van der Waals surface area contributed by atoms with Gasteiger partial charge in [0.1, 0.15) is 19.3 Å². The number of ether oxygens (including phenoxy) is 4. The molecule has 0 aliphatic heterocycles. The van der Waals surface area contributed by atoms with Gasteiger partial charge in [-0.15, -0.1) is 0 Å². The number of unbranched alkanes of at least 4 members (excludes halogenated alkanes) is 41. The topological polar surface area (TPSA) is 237 Å². The van der Waals surface area contributed by atoms with Gasteiger partial charge < -0.3 is 33.8 Å². The Morgan fingerprint density at radius 1 is 0.307 bits per heavy atom. The summed E-state index contributed by atoms with van der Waals surface area (Å²) in [6.45, 7) is 7.13. The summed E-state index contributed by atoms with van der Waals surface area (Å²) in [7, 11) is -9.89. The van der Waals surface area contributed by atoms with E-state index in [1.807, 2.05) is 0 Å². The Kier molecular flexibility index (Phi) is 61.1. The van der Waals surface area contributed by atoms with Crippen LogP contribution in [-0.4, -0.2) is 96.7 Å². The highest BCUT2D eigenvalue weighted by Crippen LogP contribution is 2.45. The summed E-state index contributed by atoms with van der Waals surface area (Å²) in [5.41, 5.74) is 0. The Balaban J connectivity index is 5.13. The fourth-order valence-corrected chi connectivity index (χ4v) is 12.0. The minimum absolute atomic E-state index is 0.106. The number of carbonyl (C=O) groups excluding carboxylic acids is 4. The first kappa shape index (κ1) is 86.1. The molecular formula is C69H134O17P2. The van der Waals surface area contributed by atoms with Crippen molar-refractivity contribution in [1.82, 2.24) is 0 Å². The number of carbonyl (C=O) groups is 4. The second-order valence-corrected chi connectivity index (χ2v) is 28.3. The molecule has 0 fully saturated rings. The van der Waals surface area contributed by atoms with Crippen LogP contribution in [0.2, 0.25) is 0 Å². The third-order valence-electron chi connectivity index (χ3n) is 16.0. The van der Waals surface area contributed by atoms with Gasteiger partial charge in [-0.2, -0.15) is 0 Å². The molecule has 0 aliphatic carbocycles. The standard InChI is InChI=1S/C69H134O17P2/c1-6-9-12-15-17-19-21-23-24-25-26-27-28-29-31-35-40-45-50-55-69(74)86-65(59-80-67(72)53-48-43-38-36-32-33-37-42-46-51-62(4)5)61-84-88(77,78)82-57-63(70)56-81-87(75,76)83-60-64(58-79-66(71)52-47-41-14-11-8-3)85-68(73)54-49-44-39-34-30-22-20-18-16-13-10-7-2/h62-65,70H,6-61H2,1-5H3,(H,75,76)(H,77,78)/t63-,64+,65+/m0/s1. The van der Waals surface area contributed by atoms with Gasteiger partial charge >= 0.3 is 39.5 Å². The highest BCUT2D eigenvalue weighted by atomic mass is 31.2. The Labute approximate surface area is 537 Å². The van der Waals surface area contributed by atoms with E-state index >= 15 is 0 Å². The molecule has 0 bridgehead atoms. The highest BCUT2D eigenvalue weighted by molar-refractivity contribution is 7.47. The van der Waals surface area contributed by atoms with Crippen LogP contribution in [0, 0.1) is 5.92 Å². The van der Waals surface area contributed by atoms with Gasteiger partial charge in [0, 0.05) is 25.7 Å². The minimum Gasteiger partial charge on any atom is -0.462 e. The molecule has 0 aromatic carbocycles. The van der Waals surface area contributed by atoms with Gasteiger partial charge in [-0.1, -0.05) is 304 Å². The molecular weight excluding hydrogens is 1160 g/mol. The van der Waals surface area contributed by atoms with Crippen LogP contribution < -0.4 is 0 Å². The molecule has 0 spiro atoms. The van der Waals surface area contributed by atoms with Crippen molar-refractivity contribution in [3.63, 3.8) is 0 Å². The molecule has 19 heteroatoms. The molecule has 0 saturated heterocycles. The molecule has 0 saturated carbocycles. The molecule has 0 rings (SSSR count). The number of esters is 4. The number of rotatable bonds is 69. The first-order chi connectivity index (χ1) is 42.5. The average molecular weight is 1300 g/mol. The van der Waals surface area contributed by atoms with E-state index in [1.165, 1.54) is 173 Å². The lowest BCUT2D eigenvalue weighted by atomic mass is 10.0. The third-order valence-corrected chi connectivity index (χ3v) is 17.9. The van der Waals surface area contributed by atoms with Gasteiger partial charge in [-0.3, -0.25) is 37.3 Å². The third kappa shape index (κ3) is 62.8. The summed E-state index contributed by atoms with van der Waals surface area (Å²) < 4.78 is 68.0. The second-order valence-electron chi connectivity index (χ2n) is 25.4. The summed E-state index contributed by atoms with van der Waals surface area (Å²) in [5.74, 6) is -1.39. The maximum Gasteiger partial charge on any atom is 0.472 e. The van der Waals surface area contributed by atoms with Crippen LogP contribution in [0.1, 0.15) is 356 Å². The van der Waals surface area contributed by atoms with Gasteiger partial charge in [0.05, 0.1) is 26.4 Å². The van der Waals surface area contributed by atoms with Crippen LogP contribution in [0.15, 0.2) is 0 Å². The predicted octanol–water partition coefficient (Wildman–Crippen LogP) is 19.7. The Morgan fingerprint density at radius 3 is 0.773 bits per heavy atom. The van der Waals surface area contributed by atoms with E-state index in [9.17, 15) is 43.2 Å². The van der Waals surface area contributed by atoms with E-state index in [0.29, 0.717) is 25.7 Å². The highest BCUT2D eigenvalue weighted by Gasteiger charge is 2.30. The number of aliphatic hydroxyl groups is 1. The predicted molar refractivity (Wildman–Crippen MR) is 354 cm³/mol. The van der Waals surface area contributed by atoms with Gasteiger partial charge in [0.25, 0.3) is 0 Å². The Morgan fingerprint density at radius 2 is 0.523 bits per heavy atom. The van der Waals surface area contributed by atoms with Crippen LogP contribution in [0.5, 0.6) is 0 Å². The number of aliphatic hydroxyl groups excluding tert-OH is 1. The van der Waals surface area contributed by atoms with Crippen molar-refractivity contribution in [2.24, 2.45) is 5.92 Å². The summed E-state index contributed by atoms with van der Waals surface area (Å²) >= 11 is 0. The van der Waals surface area contributed by atoms with Crippen molar-refractivity contribution in [2.75, 3.05) is 39.6 Å². The van der Waals surface area contributed by atoms with E-state index in [1.54, 1.807) is 0 Å². The summed E-state index contributed by atoms with van der Waals surface area (Å²) in [4.78, 5) is 72.2. The fraction of sp³-hybridized carbons (Fsp3) is 0.942. The average Bonchev–Trinajstić information content (AvgIpc) is 3.64. The van der Waals surface area contributed by atoms with E-state index < -0.39 is 97.5 Å². The number of hydrogen-bond acceptors (Lipinski definition) is 15. The molecule has 17 nitrogen and oxygen atoms in total. The van der Waals surface area contributed by atoms with Crippen LogP contribution in [0.3, 0.4) is 0 Å². The molecule has 0 aliphatic rings. The van der Waals surface area contributed by atoms with Gasteiger partial charge in [-0.25, -0.2) is 9.13 Å². The Hall–Kier alpha value is -1.94. The summed E-state index contributed by atoms with van der Waals surface area (Å²) in [5, 5.41) is 10.5. The fourth-order valence-electron chi connectivity index (χ4n) is 10.5. The molecule has 0 heterocycles. The molecule has 0 aromatic rings. The zero-order valence-electron chi connectivity index (χ0n) is 56.9. The van der Waals surface area contributed by atoms with Crippen LogP contribution >= 0.6 is 15.6 Å². The van der Waals surface area contributed by atoms with Crippen LogP contribution in [0.4, 0.5) is 0 Å². The maximum absolute atomic E-state index is 13.0. The van der Waals surface area contributed by atoms with Crippen molar-refractivity contribution in [3.05, 3.63) is 0 Å². The smallest absolute Gasteiger partial charge is 0.462 e. The Bertz CT molecular complexity index is 1700. The van der Waals surface area contributed by atoms with Crippen molar-refractivity contribution in [3.8, 4) is 0 Å². The largest absolute Gasteiger partial charge is 0.472 e. The van der Waals surface area contributed by atoms with Crippen LogP contribution in [0.25, 0.3) is 0 Å². The first-order valence-electron chi connectivity index (χ1n) is 36.1. The van der Waals surface area contributed by atoms with E-state index in [0.717, 1.165) is 102 Å². The van der Waals surface area contributed by atoms with Gasteiger partial charge in [-0.05, 0) is 31.6 Å². The second kappa shape index (κ2) is 62.5. The quantitative estimate of drug-likeness (QED) is 0.0222. The number of hydrogen-bond donors (Lipinski definition) is 3. The zero-order valence-corrected chi connectivity index (χ0v) is 58.6. The lowest BCUT2D eigenvalue weighted by Gasteiger charge is -2.21. The van der Waals surface area contributed by atoms with Crippen molar-refractivity contribution in [1.29, 1.82) is 0 Å². The van der Waals surface area contributed by atoms with E-state index in [-0.39, 0.29) is 25.7 Å². The van der Waals surface area contributed by atoms with Gasteiger partial charge in [0.15, 0.2) is 12.2 Å². The first-order valence-corrected chi connectivity index (χ1v) is 39.1. The molecule has 5 atom stereocenters. The number of phosphoric ester groups is 2. The van der Waals surface area contributed by atoms with Crippen LogP contribution in [-0.2, 0) is 65.4 Å².